The van der Waals surface area contributed by atoms with Crippen molar-refractivity contribution in [3.05, 3.63) is 117 Å². The molecule has 2 aromatic heterocycles. The Kier molecular flexibility index (Phi) is 7.83. The Morgan fingerprint density at radius 2 is 1.45 bits per heavy atom. The number of ether oxygens (including phenoxy) is 2. The average molecular weight is 704 g/mol. The summed E-state index contributed by atoms with van der Waals surface area (Å²) in [7, 11) is 0. The molecule has 0 radical (unpaired) electrons. The molecule has 6 aromatic rings. The number of pyridine rings is 1. The van der Waals surface area contributed by atoms with Gasteiger partial charge in [-0.2, -0.15) is 0 Å². The molecule has 0 aliphatic carbocycles. The van der Waals surface area contributed by atoms with Crippen LogP contribution < -0.4 is 4.74 Å². The molecule has 1 atom stereocenters. The van der Waals surface area contributed by atoms with E-state index in [0.717, 1.165) is 39.5 Å². The Morgan fingerprint density at radius 3 is 2.11 bits per heavy atom. The van der Waals surface area contributed by atoms with Crippen LogP contribution in [0.2, 0.25) is 0 Å². The summed E-state index contributed by atoms with van der Waals surface area (Å²) >= 11 is 0. The average Bonchev–Trinajstić information content (AvgIpc) is 3.62. The third kappa shape index (κ3) is 5.57. The van der Waals surface area contributed by atoms with Crippen LogP contribution in [0.5, 0.6) is 11.5 Å². The van der Waals surface area contributed by atoms with Crippen molar-refractivity contribution in [1.29, 1.82) is 0 Å². The number of hydrogen-bond acceptors (Lipinski definition) is 4. The Balaban J connectivity index is 1.35. The van der Waals surface area contributed by atoms with E-state index < -0.39 is 0 Å². The molecule has 8 rings (SSSR count). The van der Waals surface area contributed by atoms with Gasteiger partial charge in [-0.25, -0.2) is 9.98 Å². The van der Waals surface area contributed by atoms with Gasteiger partial charge >= 0.3 is 0 Å². The zero-order valence-electron chi connectivity index (χ0n) is 33.8. The summed E-state index contributed by atoms with van der Waals surface area (Å²) in [6.07, 6.45) is 1.99. The second-order valence-electron chi connectivity index (χ2n) is 18.0. The van der Waals surface area contributed by atoms with Crippen LogP contribution in [-0.4, -0.2) is 27.6 Å². The Morgan fingerprint density at radius 1 is 0.755 bits per heavy atom. The lowest BCUT2D eigenvalue weighted by atomic mass is 9.73. The van der Waals surface area contributed by atoms with Gasteiger partial charge in [-0.3, -0.25) is 4.57 Å². The maximum Gasteiger partial charge on any atom is 0.216 e. The van der Waals surface area contributed by atoms with Crippen molar-refractivity contribution < 1.29 is 9.47 Å². The quantitative estimate of drug-likeness (QED) is 0.180. The van der Waals surface area contributed by atoms with Crippen molar-refractivity contribution in [3.63, 3.8) is 0 Å². The molecule has 5 nitrogen and oxygen atoms in total. The molecule has 4 aromatic carbocycles. The van der Waals surface area contributed by atoms with Gasteiger partial charge in [0.15, 0.2) is 0 Å². The smallest absolute Gasteiger partial charge is 0.216 e. The van der Waals surface area contributed by atoms with Crippen molar-refractivity contribution in [2.45, 2.75) is 106 Å². The number of aromatic nitrogens is 2. The first kappa shape index (κ1) is 35.1. The van der Waals surface area contributed by atoms with Crippen LogP contribution in [0.4, 0.5) is 0 Å². The normalized spacial score (nSPS) is 17.7. The summed E-state index contributed by atoms with van der Waals surface area (Å²) in [5.74, 6) is 3.58. The van der Waals surface area contributed by atoms with Crippen LogP contribution in [0.1, 0.15) is 105 Å². The summed E-state index contributed by atoms with van der Waals surface area (Å²) in [4.78, 5) is 10.3. The first-order valence-electron chi connectivity index (χ1n) is 19.1. The summed E-state index contributed by atoms with van der Waals surface area (Å²) < 4.78 is 15.7. The molecule has 53 heavy (non-hydrogen) atoms. The van der Waals surface area contributed by atoms with E-state index in [0.29, 0.717) is 18.4 Å². The van der Waals surface area contributed by atoms with Crippen molar-refractivity contribution in [3.8, 4) is 28.4 Å². The lowest BCUT2D eigenvalue weighted by molar-refractivity contribution is 0.224. The highest BCUT2D eigenvalue weighted by molar-refractivity contribution is 6.12. The molecule has 0 saturated carbocycles. The van der Waals surface area contributed by atoms with Gasteiger partial charge < -0.3 is 9.47 Å². The SMILES string of the molecule is Cc1cc(C)c(-c2cc(Oc3cc4c(cc3C)c3cc(C(C)(C)C)cc5c3n4-c3ncc(C)cc3C5(C)C)cc(C3=N[C@](C)(C(C)C)CO3)c2)c(C)c1. The van der Waals surface area contributed by atoms with Gasteiger partial charge in [0.2, 0.25) is 5.90 Å². The predicted octanol–water partition coefficient (Wildman–Crippen LogP) is 12.3. The first-order chi connectivity index (χ1) is 24.9. The molecule has 0 amide bonds. The zero-order chi connectivity index (χ0) is 37.9. The zero-order valence-corrected chi connectivity index (χ0v) is 33.8. The minimum atomic E-state index is -0.273. The molecular formula is C48H53N3O2. The van der Waals surface area contributed by atoms with Gasteiger partial charge in [0.1, 0.15) is 23.9 Å². The van der Waals surface area contributed by atoms with E-state index in [9.17, 15) is 0 Å². The molecule has 0 bridgehead atoms. The van der Waals surface area contributed by atoms with Gasteiger partial charge in [-0.05, 0) is 134 Å². The fourth-order valence-corrected chi connectivity index (χ4v) is 8.51. The van der Waals surface area contributed by atoms with E-state index in [1.54, 1.807) is 0 Å². The highest BCUT2D eigenvalue weighted by atomic mass is 16.5. The third-order valence-corrected chi connectivity index (χ3v) is 12.0. The first-order valence-corrected chi connectivity index (χ1v) is 19.1. The molecule has 0 saturated heterocycles. The van der Waals surface area contributed by atoms with E-state index in [1.807, 2.05) is 6.20 Å². The monoisotopic (exact) mass is 703 g/mol. The molecule has 0 unspecified atom stereocenters. The largest absolute Gasteiger partial charge is 0.475 e. The van der Waals surface area contributed by atoms with Crippen LogP contribution in [0, 0.1) is 40.5 Å². The van der Waals surface area contributed by atoms with E-state index in [2.05, 4.69) is 155 Å². The van der Waals surface area contributed by atoms with E-state index >= 15 is 0 Å². The lowest BCUT2D eigenvalue weighted by Gasteiger charge is -2.35. The maximum absolute atomic E-state index is 7.01. The number of hydrogen-bond donors (Lipinski definition) is 0. The van der Waals surface area contributed by atoms with Crippen molar-refractivity contribution in [2.24, 2.45) is 10.9 Å². The van der Waals surface area contributed by atoms with Crippen LogP contribution in [-0.2, 0) is 15.6 Å². The minimum Gasteiger partial charge on any atom is -0.475 e. The van der Waals surface area contributed by atoms with E-state index in [1.165, 1.54) is 60.8 Å². The standard InChI is InChI=1S/C48H53N3O2/c1-26(2)48(13)25-52-45(50-48)33-18-32(42-30(6)14-27(3)15-31(42)7)19-35(20-33)53-41-23-40-36(17-29(41)5)37-21-34(46(8,9)10)22-38-43(37)51(40)44-39(47(38,11)12)16-28(4)24-49-44/h14-24,26H,25H2,1-13H3/t48-/m0/s1. The van der Waals surface area contributed by atoms with Gasteiger partial charge in [0.05, 0.1) is 16.6 Å². The van der Waals surface area contributed by atoms with Crippen LogP contribution in [0.3, 0.4) is 0 Å². The molecule has 2 aliphatic heterocycles. The molecule has 0 fully saturated rings. The van der Waals surface area contributed by atoms with Crippen molar-refractivity contribution >= 4 is 27.7 Å². The molecular weight excluding hydrogens is 651 g/mol. The molecule has 5 heteroatoms. The topological polar surface area (TPSA) is 48.6 Å². The van der Waals surface area contributed by atoms with Gasteiger partial charge in [-0.1, -0.05) is 72.2 Å². The fraction of sp³-hybridized carbons (Fsp3) is 0.375. The third-order valence-electron chi connectivity index (χ3n) is 12.0. The van der Waals surface area contributed by atoms with Crippen LogP contribution in [0.15, 0.2) is 71.9 Å². The number of nitrogens with zero attached hydrogens (tertiary/aromatic N) is 3. The Bertz CT molecular complexity index is 2520. The second kappa shape index (κ2) is 11.8. The van der Waals surface area contributed by atoms with Crippen molar-refractivity contribution in [1.82, 2.24) is 9.55 Å². The van der Waals surface area contributed by atoms with Crippen LogP contribution >= 0.6 is 0 Å². The summed E-state index contributed by atoms with van der Waals surface area (Å²) in [5.41, 5.74) is 15.0. The predicted molar refractivity (Wildman–Crippen MR) is 221 cm³/mol. The highest BCUT2D eigenvalue weighted by Gasteiger charge is 2.38. The van der Waals surface area contributed by atoms with Gasteiger partial charge in [0.25, 0.3) is 0 Å². The number of benzene rings is 4. The molecule has 272 valence electrons. The Hall–Kier alpha value is -4.90. The number of aliphatic imine (C=N–C) groups is 1. The van der Waals surface area contributed by atoms with E-state index in [-0.39, 0.29) is 16.4 Å². The van der Waals surface area contributed by atoms with E-state index in [4.69, 9.17) is 19.5 Å². The number of rotatable bonds is 5. The van der Waals surface area contributed by atoms with Crippen LogP contribution in [0.25, 0.3) is 38.8 Å². The summed E-state index contributed by atoms with van der Waals surface area (Å²) in [5, 5.41) is 2.47. The minimum absolute atomic E-state index is 0.00472. The molecule has 4 heterocycles. The Labute approximate surface area is 315 Å². The second-order valence-corrected chi connectivity index (χ2v) is 18.0. The van der Waals surface area contributed by atoms with Crippen molar-refractivity contribution in [2.75, 3.05) is 6.61 Å². The molecule has 0 spiro atoms. The lowest BCUT2D eigenvalue weighted by Crippen LogP contribution is -2.30. The van der Waals surface area contributed by atoms with Gasteiger partial charge in [-0.15, -0.1) is 0 Å². The summed E-state index contributed by atoms with van der Waals surface area (Å²) in [6.45, 7) is 29.6. The summed E-state index contributed by atoms with van der Waals surface area (Å²) in [6, 6.07) is 22.7. The number of aryl methyl sites for hydroxylation is 5. The molecule has 0 N–H and O–H groups in total. The fourth-order valence-electron chi connectivity index (χ4n) is 8.51. The molecule has 2 aliphatic rings. The van der Waals surface area contributed by atoms with Gasteiger partial charge in [0, 0.05) is 39.6 Å². The highest BCUT2D eigenvalue weighted by Crippen LogP contribution is 2.50. The maximum atomic E-state index is 7.01. The number of fused-ring (bicyclic) bond motifs is 5.